The van der Waals surface area contributed by atoms with Gasteiger partial charge in [-0.05, 0) is 35.6 Å². The molecule has 100 valence electrons. The second-order valence-electron chi connectivity index (χ2n) is 3.53. The maximum absolute atomic E-state index is 11.8. The number of non-ortho nitro benzene ring substituents is 1. The summed E-state index contributed by atoms with van der Waals surface area (Å²) >= 11 is 1.90. The van der Waals surface area contributed by atoms with Crippen molar-refractivity contribution in [2.45, 2.75) is 13.0 Å². The Labute approximate surface area is 124 Å². The highest BCUT2D eigenvalue weighted by atomic mass is 127. The van der Waals surface area contributed by atoms with Crippen LogP contribution in [0, 0.1) is 13.7 Å². The van der Waals surface area contributed by atoms with Gasteiger partial charge in [-0.2, -0.15) is 0 Å². The number of halogens is 2. The lowest BCUT2D eigenvalue weighted by molar-refractivity contribution is -0.384. The lowest BCUT2D eigenvalue weighted by atomic mass is 10.2. The van der Waals surface area contributed by atoms with Crippen molar-refractivity contribution in [3.05, 3.63) is 37.4 Å². The second kappa shape index (κ2) is 7.49. The number of nitrogens with zero attached hydrogens (tertiary/aromatic N) is 1. The van der Waals surface area contributed by atoms with Crippen molar-refractivity contribution < 1.29 is 9.72 Å². The summed E-state index contributed by atoms with van der Waals surface area (Å²) in [5.41, 5.74) is 5.78. The molecule has 18 heavy (non-hydrogen) atoms. The zero-order valence-corrected chi connectivity index (χ0v) is 12.5. The molecule has 0 fully saturated rings. The fraction of sp³-hybridized carbons (Fsp3) is 0.300. The Hall–Kier alpha value is -0.930. The Morgan fingerprint density at radius 2 is 2.22 bits per heavy atom. The predicted octanol–water partition coefficient (Wildman–Crippen LogP) is 1.70. The summed E-state index contributed by atoms with van der Waals surface area (Å²) < 4.78 is 0.540. The topological polar surface area (TPSA) is 98.3 Å². The van der Waals surface area contributed by atoms with Crippen LogP contribution in [-0.2, 0) is 0 Å². The molecule has 0 bridgehead atoms. The first-order valence-corrected chi connectivity index (χ1v) is 5.98. The number of nitrogens with one attached hydrogen (secondary N) is 1. The minimum atomic E-state index is -0.494. The third-order valence-electron chi connectivity index (χ3n) is 2.14. The fourth-order valence-electron chi connectivity index (χ4n) is 1.16. The van der Waals surface area contributed by atoms with Crippen LogP contribution in [0.1, 0.15) is 17.3 Å². The quantitative estimate of drug-likeness (QED) is 0.468. The van der Waals surface area contributed by atoms with Crippen LogP contribution in [0.5, 0.6) is 0 Å². The van der Waals surface area contributed by atoms with Crippen molar-refractivity contribution in [3.63, 3.8) is 0 Å². The van der Waals surface area contributed by atoms with E-state index >= 15 is 0 Å². The lowest BCUT2D eigenvalue weighted by Crippen LogP contribution is -2.38. The van der Waals surface area contributed by atoms with Crippen molar-refractivity contribution >= 4 is 46.6 Å². The molecule has 0 spiro atoms. The molecular formula is C10H13ClIN3O3. The highest BCUT2D eigenvalue weighted by Gasteiger charge is 2.15. The van der Waals surface area contributed by atoms with Gasteiger partial charge in [0.2, 0.25) is 0 Å². The summed E-state index contributed by atoms with van der Waals surface area (Å²) in [7, 11) is 0. The molecule has 0 aliphatic carbocycles. The molecule has 1 aromatic rings. The molecule has 0 aliphatic rings. The highest BCUT2D eigenvalue weighted by molar-refractivity contribution is 14.1. The Bertz CT molecular complexity index is 456. The summed E-state index contributed by atoms with van der Waals surface area (Å²) in [5, 5.41) is 13.2. The average molecular weight is 386 g/mol. The molecule has 0 aliphatic heterocycles. The van der Waals surface area contributed by atoms with E-state index in [-0.39, 0.29) is 30.0 Å². The van der Waals surface area contributed by atoms with Gasteiger partial charge in [0.1, 0.15) is 0 Å². The van der Waals surface area contributed by atoms with E-state index in [1.165, 1.54) is 18.2 Å². The van der Waals surface area contributed by atoms with Gasteiger partial charge in [0.05, 0.1) is 10.5 Å². The van der Waals surface area contributed by atoms with Crippen molar-refractivity contribution in [2.75, 3.05) is 6.54 Å². The van der Waals surface area contributed by atoms with Gasteiger partial charge < -0.3 is 11.1 Å². The maximum atomic E-state index is 11.8. The largest absolute Gasteiger partial charge is 0.348 e. The van der Waals surface area contributed by atoms with Crippen LogP contribution in [0.3, 0.4) is 0 Å². The summed E-state index contributed by atoms with van der Waals surface area (Å²) in [5.74, 6) is -0.276. The number of hydrogen-bond acceptors (Lipinski definition) is 4. The minimum Gasteiger partial charge on any atom is -0.348 e. The molecule has 0 saturated carbocycles. The van der Waals surface area contributed by atoms with Crippen LogP contribution in [-0.4, -0.2) is 23.4 Å². The number of nitro groups is 1. The molecule has 0 aromatic heterocycles. The summed E-state index contributed by atoms with van der Waals surface area (Å²) in [6.07, 6.45) is 0. The first kappa shape index (κ1) is 17.1. The van der Waals surface area contributed by atoms with Gasteiger partial charge in [0.25, 0.3) is 11.6 Å². The Morgan fingerprint density at radius 3 is 2.67 bits per heavy atom. The van der Waals surface area contributed by atoms with Crippen LogP contribution in [0.15, 0.2) is 18.2 Å². The molecule has 0 radical (unpaired) electrons. The van der Waals surface area contributed by atoms with Crippen LogP contribution < -0.4 is 11.1 Å². The summed E-state index contributed by atoms with van der Waals surface area (Å²) in [6, 6.07) is 3.99. The van der Waals surface area contributed by atoms with Crippen molar-refractivity contribution in [2.24, 2.45) is 5.73 Å². The van der Waals surface area contributed by atoms with Crippen molar-refractivity contribution in [1.82, 2.24) is 5.32 Å². The second-order valence-corrected chi connectivity index (χ2v) is 4.69. The molecule has 3 N–H and O–H groups in total. The van der Waals surface area contributed by atoms with Crippen LogP contribution in [0.4, 0.5) is 5.69 Å². The Kier molecular flexibility index (Phi) is 7.11. The van der Waals surface area contributed by atoms with E-state index in [0.29, 0.717) is 15.7 Å². The average Bonchev–Trinajstić information content (AvgIpc) is 2.28. The van der Waals surface area contributed by atoms with Crippen molar-refractivity contribution in [3.8, 4) is 0 Å². The fourth-order valence-corrected chi connectivity index (χ4v) is 1.91. The monoisotopic (exact) mass is 385 g/mol. The molecule has 1 atom stereocenters. The molecule has 6 nitrogen and oxygen atoms in total. The molecule has 8 heteroatoms. The molecule has 1 aromatic carbocycles. The van der Waals surface area contributed by atoms with Crippen LogP contribution in [0.2, 0.25) is 0 Å². The Morgan fingerprint density at radius 1 is 1.61 bits per heavy atom. The van der Waals surface area contributed by atoms with E-state index < -0.39 is 4.92 Å². The summed E-state index contributed by atoms with van der Waals surface area (Å²) in [6.45, 7) is 2.13. The van der Waals surface area contributed by atoms with Crippen molar-refractivity contribution in [1.29, 1.82) is 0 Å². The standard InChI is InChI=1S/C10H12IN3O3.ClH/c1-6(5-12)13-10(15)8-3-2-7(14(16)17)4-9(8)11;/h2-4,6H,5,12H2,1H3,(H,13,15);1H/t6-;/m0./s1. The molecule has 1 rings (SSSR count). The number of rotatable bonds is 4. The van der Waals surface area contributed by atoms with E-state index in [1.807, 2.05) is 22.6 Å². The van der Waals surface area contributed by atoms with Gasteiger partial charge >= 0.3 is 0 Å². The molecule has 0 saturated heterocycles. The number of nitrogens with two attached hydrogens (primary N) is 1. The van der Waals surface area contributed by atoms with Gasteiger partial charge in [-0.1, -0.05) is 0 Å². The summed E-state index contributed by atoms with van der Waals surface area (Å²) in [4.78, 5) is 21.8. The van der Waals surface area contributed by atoms with Gasteiger partial charge in [-0.3, -0.25) is 14.9 Å². The maximum Gasteiger partial charge on any atom is 0.270 e. The van der Waals surface area contributed by atoms with Crippen LogP contribution in [0.25, 0.3) is 0 Å². The zero-order chi connectivity index (χ0) is 13.0. The molecule has 1 amide bonds. The smallest absolute Gasteiger partial charge is 0.270 e. The lowest BCUT2D eigenvalue weighted by Gasteiger charge is -2.11. The molecule has 0 unspecified atom stereocenters. The third kappa shape index (κ3) is 4.39. The minimum absolute atomic E-state index is 0. The highest BCUT2D eigenvalue weighted by Crippen LogP contribution is 2.19. The number of nitro benzene ring substituents is 1. The number of hydrogen-bond donors (Lipinski definition) is 2. The van der Waals surface area contributed by atoms with Crippen LogP contribution >= 0.6 is 35.0 Å². The van der Waals surface area contributed by atoms with Gasteiger partial charge in [0.15, 0.2) is 0 Å². The number of amides is 1. The van der Waals surface area contributed by atoms with E-state index in [9.17, 15) is 14.9 Å². The van der Waals surface area contributed by atoms with E-state index in [4.69, 9.17) is 5.73 Å². The predicted molar refractivity (Wildman–Crippen MR) is 79.0 cm³/mol. The first-order chi connectivity index (χ1) is 7.95. The molecule has 0 heterocycles. The SMILES string of the molecule is C[C@@H](CN)NC(=O)c1ccc([N+](=O)[O-])cc1I.Cl. The zero-order valence-electron chi connectivity index (χ0n) is 9.55. The van der Waals surface area contributed by atoms with Gasteiger partial charge in [-0.15, -0.1) is 12.4 Å². The van der Waals surface area contributed by atoms with E-state index in [2.05, 4.69) is 5.32 Å². The van der Waals surface area contributed by atoms with Gasteiger partial charge in [-0.25, -0.2) is 0 Å². The van der Waals surface area contributed by atoms with E-state index in [1.54, 1.807) is 6.92 Å². The normalized spacial score (nSPS) is 11.3. The van der Waals surface area contributed by atoms with E-state index in [0.717, 1.165) is 0 Å². The number of carbonyl (C=O) groups is 1. The van der Waals surface area contributed by atoms with Gasteiger partial charge in [0, 0.05) is 28.3 Å². The number of carbonyl (C=O) groups excluding carboxylic acids is 1. The third-order valence-corrected chi connectivity index (χ3v) is 3.03. The number of benzene rings is 1. The Balaban J connectivity index is 0.00000289. The first-order valence-electron chi connectivity index (χ1n) is 4.90. The molecular weight excluding hydrogens is 372 g/mol.